The second kappa shape index (κ2) is 8.93. The van der Waals surface area contributed by atoms with E-state index in [2.05, 4.69) is 9.46 Å². The van der Waals surface area contributed by atoms with Crippen molar-refractivity contribution in [3.8, 4) is 0 Å². The van der Waals surface area contributed by atoms with Crippen LogP contribution in [0.5, 0.6) is 0 Å². The Kier molecular flexibility index (Phi) is 6.71. The van der Waals surface area contributed by atoms with Crippen LogP contribution >= 0.6 is 11.6 Å². The van der Waals surface area contributed by atoms with Crippen molar-refractivity contribution in [1.29, 1.82) is 0 Å². The van der Waals surface area contributed by atoms with Gasteiger partial charge >= 0.3 is 5.97 Å². The van der Waals surface area contributed by atoms with E-state index in [1.165, 1.54) is 40.7 Å². The van der Waals surface area contributed by atoms with Crippen LogP contribution in [0.3, 0.4) is 0 Å². The zero-order valence-corrected chi connectivity index (χ0v) is 18.6. The maximum atomic E-state index is 12.7. The molecule has 1 heterocycles. The number of carbonyl (C=O) groups is 1. The molecule has 11 heteroatoms. The smallest absolute Gasteiger partial charge is 0.339 e. The van der Waals surface area contributed by atoms with E-state index < -0.39 is 26.0 Å². The van der Waals surface area contributed by atoms with E-state index in [0.717, 1.165) is 32.4 Å². The highest BCUT2D eigenvalue weighted by molar-refractivity contribution is 7.92. The molecule has 1 N–H and O–H groups in total. The van der Waals surface area contributed by atoms with Gasteiger partial charge in [0.05, 0.1) is 27.5 Å². The second-order valence-electron chi connectivity index (χ2n) is 6.73. The van der Waals surface area contributed by atoms with Gasteiger partial charge in [0.2, 0.25) is 10.0 Å². The Morgan fingerprint density at radius 2 is 1.57 bits per heavy atom. The molecule has 1 aliphatic heterocycles. The minimum Gasteiger partial charge on any atom is -0.465 e. The summed E-state index contributed by atoms with van der Waals surface area (Å²) in [5.41, 5.74) is 0.104. The van der Waals surface area contributed by atoms with Gasteiger partial charge in [-0.15, -0.1) is 0 Å². The van der Waals surface area contributed by atoms with Gasteiger partial charge in [0.25, 0.3) is 10.0 Å². The summed E-state index contributed by atoms with van der Waals surface area (Å²) in [5.74, 6) is -0.760. The summed E-state index contributed by atoms with van der Waals surface area (Å²) in [4.78, 5) is 11.7. The molecule has 0 amide bonds. The number of piperidine rings is 1. The summed E-state index contributed by atoms with van der Waals surface area (Å²) < 4.78 is 59.1. The Balaban J connectivity index is 1.82. The first-order valence-electron chi connectivity index (χ1n) is 9.16. The number of carbonyl (C=O) groups excluding carboxylic acids is 1. The summed E-state index contributed by atoms with van der Waals surface area (Å²) in [5, 5.41) is 0.0630. The van der Waals surface area contributed by atoms with Gasteiger partial charge in [0.1, 0.15) is 0 Å². The van der Waals surface area contributed by atoms with Crippen LogP contribution in [-0.4, -0.2) is 47.3 Å². The van der Waals surface area contributed by atoms with E-state index in [1.807, 2.05) is 0 Å². The fraction of sp³-hybridized carbons (Fsp3) is 0.316. The van der Waals surface area contributed by atoms with Crippen molar-refractivity contribution in [2.75, 3.05) is 24.9 Å². The largest absolute Gasteiger partial charge is 0.465 e. The SMILES string of the molecule is COC(=O)c1cc(S(=O)(=O)Nc2ccc(S(=O)(=O)N3CCCCC3)cc2)ccc1Cl. The Hall–Kier alpha value is -2.14. The Morgan fingerprint density at radius 3 is 2.17 bits per heavy atom. The number of benzene rings is 2. The lowest BCUT2D eigenvalue weighted by Crippen LogP contribution is -2.35. The normalized spacial score (nSPS) is 15.5. The molecule has 0 saturated carbocycles. The van der Waals surface area contributed by atoms with E-state index in [0.29, 0.717) is 13.1 Å². The van der Waals surface area contributed by atoms with Crippen LogP contribution in [0, 0.1) is 0 Å². The number of nitrogens with one attached hydrogen (secondary N) is 1. The molecule has 0 bridgehead atoms. The minimum atomic E-state index is -4.04. The van der Waals surface area contributed by atoms with Gasteiger partial charge in [-0.25, -0.2) is 21.6 Å². The molecule has 2 aromatic rings. The lowest BCUT2D eigenvalue weighted by molar-refractivity contribution is 0.0600. The molecule has 0 radical (unpaired) electrons. The monoisotopic (exact) mass is 472 g/mol. The van der Waals surface area contributed by atoms with E-state index in [-0.39, 0.29) is 26.1 Å². The number of nitrogens with zero attached hydrogens (tertiary/aromatic N) is 1. The third-order valence-electron chi connectivity index (χ3n) is 4.71. The van der Waals surface area contributed by atoms with E-state index >= 15 is 0 Å². The van der Waals surface area contributed by atoms with Crippen LogP contribution < -0.4 is 4.72 Å². The predicted octanol–water partition coefficient (Wildman–Crippen LogP) is 3.10. The average molecular weight is 473 g/mol. The molecule has 1 saturated heterocycles. The molecule has 3 rings (SSSR count). The summed E-state index contributed by atoms with van der Waals surface area (Å²) in [6, 6.07) is 9.15. The van der Waals surface area contributed by atoms with Crippen LogP contribution in [-0.2, 0) is 24.8 Å². The fourth-order valence-electron chi connectivity index (χ4n) is 3.10. The summed E-state index contributed by atoms with van der Waals surface area (Å²) in [6.45, 7) is 0.964. The highest BCUT2D eigenvalue weighted by Gasteiger charge is 2.26. The van der Waals surface area contributed by atoms with Crippen LogP contribution in [0.15, 0.2) is 52.3 Å². The molecular formula is C19H21ClN2O6S2. The lowest BCUT2D eigenvalue weighted by Gasteiger charge is -2.25. The molecule has 0 unspecified atom stereocenters. The highest BCUT2D eigenvalue weighted by atomic mass is 35.5. The summed E-state index contributed by atoms with van der Waals surface area (Å²) in [7, 11) is -6.48. The summed E-state index contributed by atoms with van der Waals surface area (Å²) in [6.07, 6.45) is 2.66. The number of hydrogen-bond acceptors (Lipinski definition) is 6. The quantitative estimate of drug-likeness (QED) is 0.647. The standard InChI is InChI=1S/C19H21ClN2O6S2/c1-28-19(23)17-13-16(9-10-18(17)20)29(24,25)21-14-5-7-15(8-6-14)30(26,27)22-11-3-2-4-12-22/h5-10,13,21H,2-4,11-12H2,1H3. The molecular weight excluding hydrogens is 452 g/mol. The molecule has 0 aromatic heterocycles. The topological polar surface area (TPSA) is 110 Å². The molecule has 8 nitrogen and oxygen atoms in total. The van der Waals surface area contributed by atoms with E-state index in [9.17, 15) is 21.6 Å². The average Bonchev–Trinajstić information content (AvgIpc) is 2.74. The number of ether oxygens (including phenoxy) is 1. The Labute approximate surface area is 180 Å². The fourth-order valence-corrected chi connectivity index (χ4v) is 5.90. The number of methoxy groups -OCH3 is 1. The van der Waals surface area contributed by atoms with Crippen molar-refractivity contribution in [3.63, 3.8) is 0 Å². The van der Waals surface area contributed by atoms with E-state index in [4.69, 9.17) is 11.6 Å². The number of hydrogen-bond donors (Lipinski definition) is 1. The predicted molar refractivity (Wildman–Crippen MR) is 113 cm³/mol. The van der Waals surface area contributed by atoms with Gasteiger partial charge in [0, 0.05) is 18.8 Å². The molecule has 162 valence electrons. The molecule has 2 aromatic carbocycles. The summed E-state index contributed by atoms with van der Waals surface area (Å²) >= 11 is 5.93. The van der Waals surface area contributed by atoms with Crippen molar-refractivity contribution in [3.05, 3.63) is 53.1 Å². The zero-order valence-electron chi connectivity index (χ0n) is 16.2. The van der Waals surface area contributed by atoms with Crippen LogP contribution in [0.2, 0.25) is 5.02 Å². The van der Waals surface area contributed by atoms with Crippen molar-refractivity contribution >= 4 is 43.3 Å². The van der Waals surface area contributed by atoms with Crippen LogP contribution in [0.4, 0.5) is 5.69 Å². The maximum absolute atomic E-state index is 12.7. The Bertz CT molecular complexity index is 1140. The minimum absolute atomic E-state index is 0.0630. The van der Waals surface area contributed by atoms with E-state index in [1.54, 1.807) is 0 Å². The molecule has 1 aliphatic rings. The first-order chi connectivity index (χ1) is 14.1. The lowest BCUT2D eigenvalue weighted by atomic mass is 10.2. The number of halogens is 1. The molecule has 30 heavy (non-hydrogen) atoms. The third-order valence-corrected chi connectivity index (χ3v) is 8.33. The highest BCUT2D eigenvalue weighted by Crippen LogP contribution is 2.25. The molecule has 0 aliphatic carbocycles. The van der Waals surface area contributed by atoms with Gasteiger partial charge in [-0.05, 0) is 55.3 Å². The van der Waals surface area contributed by atoms with Gasteiger partial charge in [-0.2, -0.15) is 4.31 Å². The first kappa shape index (κ1) is 22.5. The number of anilines is 1. The molecule has 1 fully saturated rings. The van der Waals surface area contributed by atoms with Crippen molar-refractivity contribution in [2.45, 2.75) is 29.1 Å². The number of esters is 1. The maximum Gasteiger partial charge on any atom is 0.339 e. The van der Waals surface area contributed by atoms with Crippen molar-refractivity contribution < 1.29 is 26.4 Å². The van der Waals surface area contributed by atoms with Gasteiger partial charge in [-0.3, -0.25) is 4.72 Å². The van der Waals surface area contributed by atoms with Crippen LogP contribution in [0.25, 0.3) is 0 Å². The Morgan fingerprint density at radius 1 is 0.967 bits per heavy atom. The van der Waals surface area contributed by atoms with Gasteiger partial charge in [0.15, 0.2) is 0 Å². The van der Waals surface area contributed by atoms with Gasteiger partial charge in [-0.1, -0.05) is 18.0 Å². The van der Waals surface area contributed by atoms with Crippen molar-refractivity contribution in [2.24, 2.45) is 0 Å². The first-order valence-corrected chi connectivity index (χ1v) is 12.5. The molecule has 0 atom stereocenters. The van der Waals surface area contributed by atoms with Gasteiger partial charge < -0.3 is 4.74 Å². The molecule has 0 spiro atoms. The number of sulfonamides is 2. The number of rotatable bonds is 6. The van der Waals surface area contributed by atoms with Crippen LogP contribution in [0.1, 0.15) is 29.6 Å². The van der Waals surface area contributed by atoms with Crippen molar-refractivity contribution in [1.82, 2.24) is 4.31 Å². The second-order valence-corrected chi connectivity index (χ2v) is 10.8. The zero-order chi connectivity index (χ0) is 21.9. The third kappa shape index (κ3) is 4.77.